The van der Waals surface area contributed by atoms with Gasteiger partial charge in [0, 0.05) is 51.1 Å². The molecular weight excluding hydrogens is 416 g/mol. The zero-order valence-corrected chi connectivity index (χ0v) is 18.8. The summed E-state index contributed by atoms with van der Waals surface area (Å²) in [6.07, 6.45) is 2.10. The van der Waals surface area contributed by atoms with Crippen LogP contribution in [0.25, 0.3) is 0 Å². The summed E-state index contributed by atoms with van der Waals surface area (Å²) in [7, 11) is -0.484. The van der Waals surface area contributed by atoms with Gasteiger partial charge in [0.05, 0.1) is 0 Å². The van der Waals surface area contributed by atoms with Crippen LogP contribution < -0.4 is 24.4 Å². The van der Waals surface area contributed by atoms with Gasteiger partial charge in [-0.3, -0.25) is 4.72 Å². The summed E-state index contributed by atoms with van der Waals surface area (Å²) in [5, 5.41) is 3.63. The van der Waals surface area contributed by atoms with Crippen molar-refractivity contribution in [2.75, 3.05) is 50.0 Å². The van der Waals surface area contributed by atoms with Gasteiger partial charge in [-0.1, -0.05) is 12.1 Å². The van der Waals surface area contributed by atoms with Crippen molar-refractivity contribution in [1.82, 2.24) is 9.62 Å². The average Bonchev–Trinajstić information content (AvgIpc) is 2.78. The normalized spacial score (nSPS) is 19.5. The zero-order chi connectivity index (χ0) is 21.8. The minimum Gasteiger partial charge on any atom is -0.486 e. The van der Waals surface area contributed by atoms with Crippen LogP contribution >= 0.6 is 0 Å². The molecule has 2 heterocycles. The van der Waals surface area contributed by atoms with Gasteiger partial charge in [-0.15, -0.1) is 0 Å². The van der Waals surface area contributed by atoms with Crippen molar-refractivity contribution in [2.24, 2.45) is 0 Å². The van der Waals surface area contributed by atoms with Crippen molar-refractivity contribution >= 4 is 21.6 Å². The SMILES string of the molecule is CN(C)S(=O)(=O)Nc1ccc(N2CCC(NCC3COc4ccccc4O3)CC2)cc1. The first-order chi connectivity index (χ1) is 14.9. The summed E-state index contributed by atoms with van der Waals surface area (Å²) >= 11 is 0. The highest BCUT2D eigenvalue weighted by molar-refractivity contribution is 7.90. The standard InChI is InChI=1S/C22H30N4O4S/c1-25(2)31(27,28)24-18-7-9-19(10-8-18)26-13-11-17(12-14-26)23-15-20-16-29-21-5-3-4-6-22(21)30-20/h3-10,17,20,23-24H,11-16H2,1-2H3. The van der Waals surface area contributed by atoms with Crippen LogP contribution in [0.15, 0.2) is 48.5 Å². The van der Waals surface area contributed by atoms with Crippen LogP contribution in [0, 0.1) is 0 Å². The Morgan fingerprint density at radius 2 is 1.71 bits per heavy atom. The van der Waals surface area contributed by atoms with Crippen molar-refractivity contribution in [3.63, 3.8) is 0 Å². The van der Waals surface area contributed by atoms with Gasteiger partial charge in [-0.25, -0.2) is 0 Å². The molecular formula is C22H30N4O4S. The highest BCUT2D eigenvalue weighted by atomic mass is 32.2. The third-order valence-corrected chi connectivity index (χ3v) is 7.11. The molecule has 0 bridgehead atoms. The van der Waals surface area contributed by atoms with Crippen LogP contribution in [0.3, 0.4) is 0 Å². The molecule has 1 fully saturated rings. The lowest BCUT2D eigenvalue weighted by molar-refractivity contribution is 0.0873. The highest BCUT2D eigenvalue weighted by Crippen LogP contribution is 2.30. The Labute approximate surface area is 184 Å². The second-order valence-electron chi connectivity index (χ2n) is 8.10. The maximum absolute atomic E-state index is 11.9. The lowest BCUT2D eigenvalue weighted by Crippen LogP contribution is -2.47. The molecule has 0 saturated carbocycles. The molecule has 2 aliphatic rings. The molecule has 1 atom stereocenters. The number of nitrogens with one attached hydrogen (secondary N) is 2. The number of rotatable bonds is 7. The molecule has 2 aliphatic heterocycles. The van der Waals surface area contributed by atoms with Gasteiger partial charge < -0.3 is 19.7 Å². The summed E-state index contributed by atoms with van der Waals surface area (Å²) in [4.78, 5) is 2.33. The number of nitrogens with zero attached hydrogens (tertiary/aromatic N) is 2. The summed E-state index contributed by atoms with van der Waals surface area (Å²) < 4.78 is 39.4. The van der Waals surface area contributed by atoms with Gasteiger partial charge >= 0.3 is 10.2 Å². The number of ether oxygens (including phenoxy) is 2. The molecule has 2 aromatic carbocycles. The second-order valence-corrected chi connectivity index (χ2v) is 9.99. The van der Waals surface area contributed by atoms with E-state index in [0.717, 1.165) is 54.0 Å². The first kappa shape index (κ1) is 21.7. The third kappa shape index (κ3) is 5.41. The Kier molecular flexibility index (Phi) is 6.54. The lowest BCUT2D eigenvalue weighted by Gasteiger charge is -2.35. The van der Waals surface area contributed by atoms with E-state index in [2.05, 4.69) is 14.9 Å². The van der Waals surface area contributed by atoms with Gasteiger partial charge in [0.25, 0.3) is 0 Å². The van der Waals surface area contributed by atoms with Crippen LogP contribution in [0.5, 0.6) is 11.5 Å². The van der Waals surface area contributed by atoms with Crippen LogP contribution in [-0.4, -0.2) is 65.2 Å². The number of hydrogen-bond donors (Lipinski definition) is 2. The van der Waals surface area contributed by atoms with Gasteiger partial charge in [0.1, 0.15) is 12.7 Å². The van der Waals surface area contributed by atoms with E-state index in [0.29, 0.717) is 18.3 Å². The summed E-state index contributed by atoms with van der Waals surface area (Å²) in [6, 6.07) is 15.8. The van der Waals surface area contributed by atoms with E-state index in [1.807, 2.05) is 36.4 Å². The summed E-state index contributed by atoms with van der Waals surface area (Å²) in [5.41, 5.74) is 1.66. The molecule has 1 saturated heterocycles. The monoisotopic (exact) mass is 446 g/mol. The molecule has 2 N–H and O–H groups in total. The van der Waals surface area contributed by atoms with E-state index in [1.54, 1.807) is 12.1 Å². The molecule has 2 aromatic rings. The zero-order valence-electron chi connectivity index (χ0n) is 18.0. The fourth-order valence-corrected chi connectivity index (χ4v) is 4.40. The van der Waals surface area contributed by atoms with Gasteiger partial charge in [-0.05, 0) is 49.2 Å². The largest absolute Gasteiger partial charge is 0.486 e. The molecule has 8 nitrogen and oxygen atoms in total. The van der Waals surface area contributed by atoms with Crippen molar-refractivity contribution in [3.8, 4) is 11.5 Å². The van der Waals surface area contributed by atoms with E-state index in [4.69, 9.17) is 9.47 Å². The number of benzene rings is 2. The number of hydrogen-bond acceptors (Lipinski definition) is 6. The van der Waals surface area contributed by atoms with Gasteiger partial charge in [0.15, 0.2) is 11.5 Å². The molecule has 4 rings (SSSR count). The maximum Gasteiger partial charge on any atom is 0.301 e. The molecule has 0 aromatic heterocycles. The van der Waals surface area contributed by atoms with Crippen molar-refractivity contribution in [2.45, 2.75) is 25.0 Å². The van der Waals surface area contributed by atoms with Gasteiger partial charge in [-0.2, -0.15) is 12.7 Å². The predicted octanol–water partition coefficient (Wildman–Crippen LogP) is 2.30. The van der Waals surface area contributed by atoms with Crippen LogP contribution in [-0.2, 0) is 10.2 Å². The fraction of sp³-hybridized carbons (Fsp3) is 0.455. The van der Waals surface area contributed by atoms with Crippen LogP contribution in [0.1, 0.15) is 12.8 Å². The van der Waals surface area contributed by atoms with Crippen molar-refractivity contribution < 1.29 is 17.9 Å². The van der Waals surface area contributed by atoms with E-state index < -0.39 is 10.2 Å². The van der Waals surface area contributed by atoms with Crippen LogP contribution in [0.4, 0.5) is 11.4 Å². The summed E-state index contributed by atoms with van der Waals surface area (Å²) in [6.45, 7) is 3.23. The second kappa shape index (κ2) is 9.33. The predicted molar refractivity (Wildman–Crippen MR) is 122 cm³/mol. The number of anilines is 2. The molecule has 31 heavy (non-hydrogen) atoms. The van der Waals surface area contributed by atoms with E-state index in [-0.39, 0.29) is 6.10 Å². The molecule has 0 aliphatic carbocycles. The van der Waals surface area contributed by atoms with Crippen molar-refractivity contribution in [1.29, 1.82) is 0 Å². The van der Waals surface area contributed by atoms with E-state index in [1.165, 1.54) is 14.1 Å². The quantitative estimate of drug-likeness (QED) is 0.679. The maximum atomic E-state index is 11.9. The molecule has 1 unspecified atom stereocenters. The van der Waals surface area contributed by atoms with E-state index >= 15 is 0 Å². The summed E-state index contributed by atoms with van der Waals surface area (Å²) in [5.74, 6) is 1.62. The number of fused-ring (bicyclic) bond motifs is 1. The smallest absolute Gasteiger partial charge is 0.301 e. The topological polar surface area (TPSA) is 83.1 Å². The highest BCUT2D eigenvalue weighted by Gasteiger charge is 2.24. The van der Waals surface area contributed by atoms with E-state index in [9.17, 15) is 8.42 Å². The minimum absolute atomic E-state index is 0.0198. The van der Waals surface area contributed by atoms with Gasteiger partial charge in [0.2, 0.25) is 0 Å². The first-order valence-electron chi connectivity index (χ1n) is 10.6. The molecule has 0 spiro atoms. The lowest BCUT2D eigenvalue weighted by atomic mass is 10.0. The Morgan fingerprint density at radius 3 is 2.39 bits per heavy atom. The number of piperidine rings is 1. The average molecular weight is 447 g/mol. The third-order valence-electron chi connectivity index (χ3n) is 5.66. The minimum atomic E-state index is -3.49. The Balaban J connectivity index is 1.23. The number of para-hydroxylation sites is 2. The fourth-order valence-electron chi connectivity index (χ4n) is 3.78. The van der Waals surface area contributed by atoms with Crippen LogP contribution in [0.2, 0.25) is 0 Å². The molecule has 0 amide bonds. The Bertz CT molecular complexity index is 973. The Morgan fingerprint density at radius 1 is 1.03 bits per heavy atom. The first-order valence-corrected chi connectivity index (χ1v) is 12.0. The molecule has 9 heteroatoms. The molecule has 168 valence electrons. The molecule has 0 radical (unpaired) electrons. The Hall–Kier alpha value is -2.49. The van der Waals surface area contributed by atoms with Crippen molar-refractivity contribution in [3.05, 3.63) is 48.5 Å².